The molecule has 0 spiro atoms. The number of carbonyl (C=O) groups is 2. The van der Waals surface area contributed by atoms with Crippen LogP contribution < -0.4 is 14.4 Å². The molecule has 0 bridgehead atoms. The molecule has 3 rings (SSSR count). The quantitative estimate of drug-likeness (QED) is 0.252. The molecule has 3 aromatic carbocycles. The summed E-state index contributed by atoms with van der Waals surface area (Å²) in [7, 11) is -4.19. The van der Waals surface area contributed by atoms with Gasteiger partial charge in [-0.1, -0.05) is 49.4 Å². The molecular weight excluding hydrogens is 558 g/mol. The summed E-state index contributed by atoms with van der Waals surface area (Å²) in [5, 5.41) is 2.94. The van der Waals surface area contributed by atoms with Crippen molar-refractivity contribution in [1.29, 1.82) is 0 Å². The summed E-state index contributed by atoms with van der Waals surface area (Å²) < 4.78 is 35.1. The van der Waals surface area contributed by atoms with Crippen LogP contribution in [0.25, 0.3) is 0 Å². The zero-order chi connectivity index (χ0) is 30.0. The van der Waals surface area contributed by atoms with Crippen LogP contribution in [-0.2, 0) is 26.2 Å². The maximum Gasteiger partial charge on any atom is 0.264 e. The van der Waals surface area contributed by atoms with Crippen molar-refractivity contribution in [1.82, 2.24) is 10.2 Å². The number of rotatable bonds is 14. The number of nitrogens with one attached hydrogen (secondary N) is 1. The largest absolute Gasteiger partial charge is 0.492 e. The van der Waals surface area contributed by atoms with Crippen molar-refractivity contribution in [3.05, 3.63) is 84.4 Å². The molecule has 0 fully saturated rings. The molecule has 2 amide bonds. The minimum atomic E-state index is -4.19. The SMILES string of the molecule is CCOc1ccccc1N(CC(=O)N(Cc1ccccc1)[C@H](C)C(=O)N[C@@H](C)CC)S(=O)(=O)c1ccc(SC)cc1. The summed E-state index contributed by atoms with van der Waals surface area (Å²) in [6.07, 6.45) is 2.65. The first-order valence-electron chi connectivity index (χ1n) is 13.6. The van der Waals surface area contributed by atoms with Gasteiger partial charge in [0.1, 0.15) is 18.3 Å². The first-order chi connectivity index (χ1) is 19.6. The fraction of sp³-hybridized carbons (Fsp3) is 0.355. The van der Waals surface area contributed by atoms with E-state index in [1.165, 1.54) is 28.8 Å². The normalized spacial score (nSPS) is 12.7. The number of thioether (sulfide) groups is 1. The van der Waals surface area contributed by atoms with Gasteiger partial charge in [-0.3, -0.25) is 13.9 Å². The summed E-state index contributed by atoms with van der Waals surface area (Å²) in [6, 6.07) is 21.7. The van der Waals surface area contributed by atoms with Crippen molar-refractivity contribution in [3.63, 3.8) is 0 Å². The van der Waals surface area contributed by atoms with Gasteiger partial charge in [-0.05, 0) is 75.4 Å². The highest BCUT2D eigenvalue weighted by Gasteiger charge is 2.34. The molecule has 0 saturated carbocycles. The molecule has 0 saturated heterocycles. The molecule has 0 heterocycles. The Hall–Kier alpha value is -3.50. The average Bonchev–Trinajstić information content (AvgIpc) is 2.99. The number of hydrogen-bond acceptors (Lipinski definition) is 6. The van der Waals surface area contributed by atoms with Gasteiger partial charge >= 0.3 is 0 Å². The van der Waals surface area contributed by atoms with E-state index in [2.05, 4.69) is 5.32 Å². The highest BCUT2D eigenvalue weighted by atomic mass is 32.2. The lowest BCUT2D eigenvalue weighted by molar-refractivity contribution is -0.139. The predicted molar refractivity (Wildman–Crippen MR) is 165 cm³/mol. The van der Waals surface area contributed by atoms with E-state index in [9.17, 15) is 18.0 Å². The second-order valence-corrected chi connectivity index (χ2v) is 12.3. The molecule has 1 N–H and O–H groups in total. The van der Waals surface area contributed by atoms with Crippen molar-refractivity contribution >= 4 is 39.3 Å². The number of nitrogens with zero attached hydrogens (tertiary/aromatic N) is 2. The first kappa shape index (κ1) is 32.0. The Morgan fingerprint density at radius 3 is 2.17 bits per heavy atom. The van der Waals surface area contributed by atoms with Crippen LogP contribution in [0.2, 0.25) is 0 Å². The van der Waals surface area contributed by atoms with Crippen molar-refractivity contribution in [2.75, 3.05) is 23.7 Å². The summed E-state index contributed by atoms with van der Waals surface area (Å²) >= 11 is 1.50. The van der Waals surface area contributed by atoms with Crippen molar-refractivity contribution in [2.24, 2.45) is 0 Å². The van der Waals surface area contributed by atoms with Crippen molar-refractivity contribution in [2.45, 2.75) is 62.5 Å². The summed E-state index contributed by atoms with van der Waals surface area (Å²) in [5.41, 5.74) is 1.06. The van der Waals surface area contributed by atoms with E-state index >= 15 is 0 Å². The van der Waals surface area contributed by atoms with E-state index in [-0.39, 0.29) is 29.1 Å². The Labute approximate surface area is 248 Å². The van der Waals surface area contributed by atoms with Gasteiger partial charge in [0.2, 0.25) is 11.8 Å². The minimum Gasteiger partial charge on any atom is -0.492 e. The van der Waals surface area contributed by atoms with Gasteiger partial charge in [0.15, 0.2) is 0 Å². The van der Waals surface area contributed by atoms with Crippen LogP contribution in [0.3, 0.4) is 0 Å². The number of sulfonamides is 1. The van der Waals surface area contributed by atoms with E-state index in [0.717, 1.165) is 21.2 Å². The molecule has 0 aliphatic rings. The van der Waals surface area contributed by atoms with E-state index in [1.807, 2.05) is 50.4 Å². The minimum absolute atomic E-state index is 0.0478. The maximum atomic E-state index is 14.1. The number of carbonyl (C=O) groups excluding carboxylic acids is 2. The monoisotopic (exact) mass is 597 g/mol. The maximum absolute atomic E-state index is 14.1. The van der Waals surface area contributed by atoms with Crippen LogP contribution in [0.5, 0.6) is 5.75 Å². The molecular formula is C31H39N3O5S2. The van der Waals surface area contributed by atoms with Gasteiger partial charge in [0, 0.05) is 17.5 Å². The van der Waals surface area contributed by atoms with Gasteiger partial charge < -0.3 is 15.0 Å². The first-order valence-corrected chi connectivity index (χ1v) is 16.3. The molecule has 8 nitrogen and oxygen atoms in total. The molecule has 0 aliphatic heterocycles. The molecule has 0 radical (unpaired) electrons. The molecule has 0 unspecified atom stereocenters. The van der Waals surface area contributed by atoms with Crippen LogP contribution in [0.15, 0.2) is 88.7 Å². The fourth-order valence-corrected chi connectivity index (χ4v) is 5.99. The fourth-order valence-electron chi connectivity index (χ4n) is 4.16. The van der Waals surface area contributed by atoms with Crippen LogP contribution in [0.1, 0.15) is 39.7 Å². The molecule has 41 heavy (non-hydrogen) atoms. The highest BCUT2D eigenvalue weighted by molar-refractivity contribution is 7.98. The van der Waals surface area contributed by atoms with Gasteiger partial charge in [-0.25, -0.2) is 8.42 Å². The third kappa shape index (κ3) is 8.27. The second-order valence-electron chi connectivity index (χ2n) is 9.59. The van der Waals surface area contributed by atoms with Gasteiger partial charge in [-0.2, -0.15) is 0 Å². The summed E-state index contributed by atoms with van der Waals surface area (Å²) in [6.45, 7) is 7.26. The number of para-hydroxylation sites is 2. The number of amides is 2. The molecule has 3 aromatic rings. The predicted octanol–water partition coefficient (Wildman–Crippen LogP) is 5.33. The number of hydrogen-bond donors (Lipinski definition) is 1. The van der Waals surface area contributed by atoms with Gasteiger partial charge in [-0.15, -0.1) is 11.8 Å². The molecule has 10 heteroatoms. The van der Waals surface area contributed by atoms with Crippen molar-refractivity contribution < 1.29 is 22.7 Å². The summed E-state index contributed by atoms with van der Waals surface area (Å²) in [4.78, 5) is 29.6. The van der Waals surface area contributed by atoms with Gasteiger partial charge in [0.05, 0.1) is 17.2 Å². The van der Waals surface area contributed by atoms with E-state index in [1.54, 1.807) is 50.2 Å². The lowest BCUT2D eigenvalue weighted by atomic mass is 10.1. The van der Waals surface area contributed by atoms with Crippen LogP contribution >= 0.6 is 11.8 Å². The zero-order valence-electron chi connectivity index (χ0n) is 24.2. The lowest BCUT2D eigenvalue weighted by Gasteiger charge is -2.33. The number of anilines is 1. The smallest absolute Gasteiger partial charge is 0.264 e. The molecule has 220 valence electrons. The Morgan fingerprint density at radius 2 is 1.56 bits per heavy atom. The summed E-state index contributed by atoms with van der Waals surface area (Å²) in [5.74, 6) is -0.485. The Bertz CT molecular complexity index is 1400. The Balaban J connectivity index is 2.07. The topological polar surface area (TPSA) is 96.0 Å². The number of benzene rings is 3. The standard InChI is InChI=1S/C31H39N3O5S2/c1-6-23(3)32-31(36)24(4)33(21-25-13-9-8-10-14-25)30(35)22-34(28-15-11-12-16-29(28)39-7-2)41(37,38)27-19-17-26(40-5)18-20-27/h8-20,23-24H,6-7,21-22H2,1-5H3,(H,32,36)/t23-,24+/m0/s1. The van der Waals surface area contributed by atoms with Gasteiger partial charge in [0.25, 0.3) is 10.0 Å². The third-order valence-electron chi connectivity index (χ3n) is 6.72. The van der Waals surface area contributed by atoms with Crippen LogP contribution in [-0.4, -0.2) is 56.6 Å². The molecule has 2 atom stereocenters. The van der Waals surface area contributed by atoms with E-state index in [0.29, 0.717) is 12.4 Å². The van der Waals surface area contributed by atoms with Crippen molar-refractivity contribution in [3.8, 4) is 5.75 Å². The Kier molecular flexibility index (Phi) is 11.7. The molecule has 0 aliphatic carbocycles. The van der Waals surface area contributed by atoms with E-state index < -0.39 is 28.5 Å². The zero-order valence-corrected chi connectivity index (χ0v) is 25.9. The number of ether oxygens (including phenoxy) is 1. The lowest BCUT2D eigenvalue weighted by Crippen LogP contribution is -2.52. The van der Waals surface area contributed by atoms with Crippen LogP contribution in [0.4, 0.5) is 5.69 Å². The average molecular weight is 598 g/mol. The van der Waals surface area contributed by atoms with E-state index in [4.69, 9.17) is 4.74 Å². The highest BCUT2D eigenvalue weighted by Crippen LogP contribution is 2.33. The third-order valence-corrected chi connectivity index (χ3v) is 9.24. The Morgan fingerprint density at radius 1 is 0.927 bits per heavy atom. The van der Waals surface area contributed by atoms with Crippen LogP contribution in [0, 0.1) is 0 Å². The molecule has 0 aromatic heterocycles. The second kappa shape index (κ2) is 14.9.